The van der Waals surface area contributed by atoms with Gasteiger partial charge in [-0.15, -0.1) is 0 Å². The highest BCUT2D eigenvalue weighted by molar-refractivity contribution is 6.00. The maximum Gasteiger partial charge on any atom is 0.327 e. The van der Waals surface area contributed by atoms with Crippen LogP contribution in [0, 0.1) is 17.8 Å². The number of ether oxygens (including phenoxy) is 1. The van der Waals surface area contributed by atoms with E-state index < -0.39 is 120 Å². The SMILES string of the molecule is C=C1C(=O)N[C@H](C)C(=O)N[C@H](CCCN=C(N)N)C(=O)N[C@@H](C(=O)O)[C@H](C)C(=O)N[C@H](CCCN=C(N)N)C(=O)N[C@@H](/C=C/C(C)=C/[C@H](C)[C@H](Cc2ccccc2)OC)[C@H](C)C(=O)N[C@@H](C(=O)O)CCC(=O)N1C. The van der Waals surface area contributed by atoms with Crippen LogP contribution in [0.1, 0.15) is 78.7 Å². The lowest BCUT2D eigenvalue weighted by atomic mass is 9.94. The molecule has 1 aromatic carbocycles. The molecule has 25 heteroatoms. The highest BCUT2D eigenvalue weighted by Crippen LogP contribution is 2.19. The van der Waals surface area contributed by atoms with Gasteiger partial charge in [0.15, 0.2) is 11.9 Å². The van der Waals surface area contributed by atoms with Gasteiger partial charge in [-0.25, -0.2) is 9.59 Å². The number of carboxylic acid groups (broad SMARTS) is 2. The first-order chi connectivity index (χ1) is 34.8. The number of likely N-dealkylation sites (N-methyl/N-ethyl adjacent to an activating group) is 1. The number of allylic oxidation sites excluding steroid dienone is 2. The maximum absolute atomic E-state index is 14.4. The summed E-state index contributed by atoms with van der Waals surface area (Å²) in [5.41, 5.74) is 23.2. The number of methoxy groups -OCH3 is 1. The van der Waals surface area contributed by atoms with Crippen LogP contribution in [0.2, 0.25) is 0 Å². The first kappa shape index (κ1) is 62.3. The Bertz CT molecular complexity index is 2280. The van der Waals surface area contributed by atoms with Gasteiger partial charge in [0, 0.05) is 39.6 Å². The van der Waals surface area contributed by atoms with Gasteiger partial charge < -0.3 is 74.7 Å². The summed E-state index contributed by atoms with van der Waals surface area (Å²) in [6.07, 6.45) is 4.40. The van der Waals surface area contributed by atoms with Crippen molar-refractivity contribution in [1.29, 1.82) is 0 Å². The lowest BCUT2D eigenvalue weighted by Crippen LogP contribution is -2.59. The fraction of sp³-hybridized carbons (Fsp3) is 0.531. The van der Waals surface area contributed by atoms with Crippen molar-refractivity contribution in [2.45, 2.75) is 122 Å². The normalized spacial score (nSPS) is 24.6. The van der Waals surface area contributed by atoms with E-state index in [0.717, 1.165) is 10.5 Å². The van der Waals surface area contributed by atoms with E-state index in [1.807, 2.05) is 43.3 Å². The molecule has 1 aliphatic rings. The van der Waals surface area contributed by atoms with Gasteiger partial charge in [0.05, 0.1) is 24.0 Å². The number of hydrogen-bond donors (Lipinski definition) is 12. The predicted molar refractivity (Wildman–Crippen MR) is 275 cm³/mol. The second kappa shape index (κ2) is 30.9. The Hall–Kier alpha value is -7.83. The molecule has 1 fully saturated rings. The summed E-state index contributed by atoms with van der Waals surface area (Å²) in [6.45, 7) is 11.2. The molecule has 0 radical (unpaired) electrons. The molecule has 408 valence electrons. The summed E-state index contributed by atoms with van der Waals surface area (Å²) in [6, 6.07) is 0.633. The zero-order chi connectivity index (χ0) is 55.8. The molecule has 7 amide bonds. The average molecular weight is 1040 g/mol. The summed E-state index contributed by atoms with van der Waals surface area (Å²) in [4.78, 5) is 130. The average Bonchev–Trinajstić information content (AvgIpc) is 3.34. The van der Waals surface area contributed by atoms with Crippen molar-refractivity contribution in [3.8, 4) is 0 Å². The minimum Gasteiger partial charge on any atom is -0.480 e. The first-order valence-corrected chi connectivity index (χ1v) is 24.1. The van der Waals surface area contributed by atoms with Crippen molar-refractivity contribution in [3.05, 3.63) is 72.0 Å². The van der Waals surface area contributed by atoms with Crippen LogP contribution in [-0.4, -0.2) is 150 Å². The second-order valence-corrected chi connectivity index (χ2v) is 18.1. The van der Waals surface area contributed by atoms with Crippen molar-refractivity contribution in [2.24, 2.45) is 50.7 Å². The molecule has 2 rings (SSSR count). The zero-order valence-electron chi connectivity index (χ0n) is 43.1. The Balaban J connectivity index is 2.74. The van der Waals surface area contributed by atoms with E-state index in [1.54, 1.807) is 20.1 Å². The van der Waals surface area contributed by atoms with Gasteiger partial charge in [0.1, 0.15) is 35.9 Å². The van der Waals surface area contributed by atoms with E-state index in [9.17, 15) is 53.4 Å². The van der Waals surface area contributed by atoms with Crippen molar-refractivity contribution in [2.75, 3.05) is 27.2 Å². The summed E-state index contributed by atoms with van der Waals surface area (Å²) in [5.74, 6) is -13.1. The second-order valence-electron chi connectivity index (χ2n) is 18.1. The third kappa shape index (κ3) is 21.1. The highest BCUT2D eigenvalue weighted by atomic mass is 16.5. The Morgan fingerprint density at radius 2 is 1.32 bits per heavy atom. The standard InChI is InChI=1S/C49H75N13O12/c1-26(24-27(2)37(74-8)25-32-14-10-9-11-15-32)18-19-33-28(3)40(64)60-36(46(70)71)20-21-38(63)62(7)31(6)43(67)56-30(5)42(66)59-35(17-13-23-55-49(52)53)45(69)61-39(47(72)73)29(4)41(65)58-34(44(68)57-33)16-12-22-54-48(50)51/h9-11,14-15,18-19,24,27-30,33-37,39H,6,12-13,16-17,20-23,25H2,1-5,7-8H3,(H,56,67)(H,57,68)(H,58,65)(H,59,66)(H,60,64)(H,61,69)(H,70,71)(H,72,73)(H4,50,51,54)(H4,52,53,55)/b19-18+,26-24+/t27-,28-,29-,30+,33-,34+,35+,36+,37-,39+/m0/s1. The number of guanidine groups is 2. The molecule has 0 bridgehead atoms. The summed E-state index contributed by atoms with van der Waals surface area (Å²) in [5, 5.41) is 35.4. The number of rotatable bonds is 17. The van der Waals surface area contributed by atoms with E-state index in [0.29, 0.717) is 12.0 Å². The lowest BCUT2D eigenvalue weighted by molar-refractivity contribution is -0.146. The molecule has 10 atom stereocenters. The lowest BCUT2D eigenvalue weighted by Gasteiger charge is -2.28. The molecular weight excluding hydrogens is 963 g/mol. The minimum absolute atomic E-state index is 0.00394. The first-order valence-electron chi connectivity index (χ1n) is 24.1. The quantitative estimate of drug-likeness (QED) is 0.0281. The van der Waals surface area contributed by atoms with Crippen LogP contribution in [0.25, 0.3) is 0 Å². The Kier molecular flexibility index (Phi) is 26.0. The van der Waals surface area contributed by atoms with Crippen LogP contribution in [0.15, 0.2) is 76.4 Å². The number of amides is 7. The van der Waals surface area contributed by atoms with Crippen molar-refractivity contribution in [1.82, 2.24) is 36.8 Å². The number of nitrogens with two attached hydrogens (primary N) is 4. The van der Waals surface area contributed by atoms with Gasteiger partial charge in [-0.1, -0.05) is 81.5 Å². The Morgan fingerprint density at radius 1 is 0.784 bits per heavy atom. The number of aliphatic carboxylic acids is 2. The molecule has 0 saturated carbocycles. The minimum atomic E-state index is -1.95. The Morgan fingerprint density at radius 3 is 1.85 bits per heavy atom. The van der Waals surface area contributed by atoms with Crippen LogP contribution in [0.3, 0.4) is 0 Å². The number of carbonyl (C=O) groups is 9. The van der Waals surface area contributed by atoms with E-state index in [1.165, 1.54) is 33.9 Å². The largest absolute Gasteiger partial charge is 0.480 e. The number of carboxylic acids is 2. The molecule has 0 unspecified atom stereocenters. The van der Waals surface area contributed by atoms with Crippen LogP contribution in [-0.2, 0) is 54.3 Å². The third-order valence-corrected chi connectivity index (χ3v) is 12.2. The van der Waals surface area contributed by atoms with Crippen LogP contribution < -0.4 is 54.8 Å². The van der Waals surface area contributed by atoms with Gasteiger partial charge in [0.2, 0.25) is 35.4 Å². The number of hydrogen-bond acceptors (Lipinski definition) is 12. The summed E-state index contributed by atoms with van der Waals surface area (Å²) in [7, 11) is 2.80. The van der Waals surface area contributed by atoms with Gasteiger partial charge in [-0.05, 0) is 57.9 Å². The topological polar surface area (TPSA) is 408 Å². The Labute approximate surface area is 430 Å². The molecule has 1 aromatic rings. The number of nitrogens with one attached hydrogen (secondary N) is 6. The van der Waals surface area contributed by atoms with Gasteiger partial charge >= 0.3 is 11.9 Å². The molecule has 16 N–H and O–H groups in total. The molecule has 0 spiro atoms. The fourth-order valence-electron chi connectivity index (χ4n) is 7.53. The summed E-state index contributed by atoms with van der Waals surface area (Å²) >= 11 is 0. The third-order valence-electron chi connectivity index (χ3n) is 12.2. The molecule has 1 saturated heterocycles. The zero-order valence-corrected chi connectivity index (χ0v) is 43.1. The van der Waals surface area contributed by atoms with Gasteiger partial charge in [-0.3, -0.25) is 43.5 Å². The van der Waals surface area contributed by atoms with E-state index in [-0.39, 0.29) is 62.7 Å². The van der Waals surface area contributed by atoms with Gasteiger partial charge in [0.25, 0.3) is 5.91 Å². The number of benzene rings is 1. The van der Waals surface area contributed by atoms with Gasteiger partial charge in [-0.2, -0.15) is 0 Å². The van der Waals surface area contributed by atoms with Crippen molar-refractivity contribution in [3.63, 3.8) is 0 Å². The molecule has 0 aromatic heterocycles. The van der Waals surface area contributed by atoms with E-state index in [4.69, 9.17) is 27.7 Å². The maximum atomic E-state index is 14.4. The number of aliphatic imine (C=N–C) groups is 2. The molecular formula is C49H75N13O12. The fourth-order valence-corrected chi connectivity index (χ4v) is 7.53. The molecule has 0 aliphatic carbocycles. The number of nitrogens with zero attached hydrogens (tertiary/aromatic N) is 3. The van der Waals surface area contributed by atoms with Crippen LogP contribution in [0.5, 0.6) is 0 Å². The van der Waals surface area contributed by atoms with Crippen LogP contribution >= 0.6 is 0 Å². The highest BCUT2D eigenvalue weighted by Gasteiger charge is 2.37. The van der Waals surface area contributed by atoms with E-state index >= 15 is 0 Å². The smallest absolute Gasteiger partial charge is 0.327 e. The molecule has 1 aliphatic heterocycles. The summed E-state index contributed by atoms with van der Waals surface area (Å²) < 4.78 is 5.81. The van der Waals surface area contributed by atoms with Crippen molar-refractivity contribution < 1.29 is 58.1 Å². The molecule has 74 heavy (non-hydrogen) atoms. The molecule has 25 nitrogen and oxygen atoms in total. The predicted octanol–water partition coefficient (Wildman–Crippen LogP) is -1.37. The number of carbonyl (C=O) groups excluding carboxylic acids is 7. The van der Waals surface area contributed by atoms with Crippen LogP contribution in [0.4, 0.5) is 0 Å². The van der Waals surface area contributed by atoms with Crippen molar-refractivity contribution >= 4 is 65.2 Å². The van der Waals surface area contributed by atoms with E-state index in [2.05, 4.69) is 48.5 Å². The monoisotopic (exact) mass is 1040 g/mol. The molecule has 1 heterocycles.